The molecule has 0 aromatic heterocycles. The highest BCUT2D eigenvalue weighted by Crippen LogP contribution is 2.46. The monoisotopic (exact) mass is 208 g/mol. The van der Waals surface area contributed by atoms with Crippen LogP contribution in [0.3, 0.4) is 0 Å². The maximum atomic E-state index is 12.2. The van der Waals surface area contributed by atoms with E-state index in [1.54, 1.807) is 0 Å². The quantitative estimate of drug-likeness (QED) is 0.501. The lowest BCUT2D eigenvalue weighted by Gasteiger charge is -2.21. The number of rotatable bonds is 4. The minimum Gasteiger partial charge on any atom is -0.298 e. The number of ketones is 1. The van der Waals surface area contributed by atoms with Gasteiger partial charge in [-0.05, 0) is 26.2 Å². The second-order valence-corrected chi connectivity index (χ2v) is 5.68. The standard InChI is InChI=1S/C14H24O/c1-5-6-7-8-9-14(4)11-10-13(2,3)12(14)15/h8-9H,5-7,10-11H2,1-4H3. The minimum atomic E-state index is -0.183. The Hall–Kier alpha value is -0.590. The fraction of sp³-hybridized carbons (Fsp3) is 0.786. The van der Waals surface area contributed by atoms with Gasteiger partial charge in [0.1, 0.15) is 5.78 Å². The van der Waals surface area contributed by atoms with Crippen LogP contribution in [0.1, 0.15) is 59.8 Å². The molecule has 0 radical (unpaired) electrons. The van der Waals surface area contributed by atoms with Gasteiger partial charge in [-0.25, -0.2) is 0 Å². The average molecular weight is 208 g/mol. The van der Waals surface area contributed by atoms with Crippen molar-refractivity contribution < 1.29 is 4.79 Å². The second-order valence-electron chi connectivity index (χ2n) is 5.68. The van der Waals surface area contributed by atoms with Crippen LogP contribution in [0.25, 0.3) is 0 Å². The molecule has 1 atom stereocenters. The molecule has 1 heteroatoms. The normalized spacial score (nSPS) is 30.3. The molecule has 1 nitrogen and oxygen atoms in total. The molecule has 0 bridgehead atoms. The first-order valence-corrected chi connectivity index (χ1v) is 6.15. The van der Waals surface area contributed by atoms with Crippen molar-refractivity contribution in [3.8, 4) is 0 Å². The van der Waals surface area contributed by atoms with Crippen LogP contribution in [-0.2, 0) is 4.79 Å². The van der Waals surface area contributed by atoms with Crippen molar-refractivity contribution in [1.82, 2.24) is 0 Å². The lowest BCUT2D eigenvalue weighted by molar-refractivity contribution is -0.129. The molecule has 0 aliphatic heterocycles. The summed E-state index contributed by atoms with van der Waals surface area (Å²) < 4.78 is 0. The molecule has 1 unspecified atom stereocenters. The van der Waals surface area contributed by atoms with Crippen LogP contribution >= 0.6 is 0 Å². The predicted octanol–water partition coefficient (Wildman–Crippen LogP) is 4.13. The van der Waals surface area contributed by atoms with Gasteiger partial charge in [0.2, 0.25) is 0 Å². The highest BCUT2D eigenvalue weighted by molar-refractivity contribution is 5.93. The summed E-state index contributed by atoms with van der Waals surface area (Å²) in [5.74, 6) is 0.419. The Morgan fingerprint density at radius 3 is 2.40 bits per heavy atom. The van der Waals surface area contributed by atoms with Gasteiger partial charge in [-0.3, -0.25) is 4.79 Å². The zero-order valence-electron chi connectivity index (χ0n) is 10.6. The van der Waals surface area contributed by atoms with Crippen molar-refractivity contribution >= 4 is 5.78 Å². The van der Waals surface area contributed by atoms with Crippen LogP contribution in [0.5, 0.6) is 0 Å². The van der Waals surface area contributed by atoms with Crippen LogP contribution in [0, 0.1) is 10.8 Å². The smallest absolute Gasteiger partial charge is 0.148 e. The molecule has 0 aromatic rings. The third-order valence-corrected chi connectivity index (χ3v) is 3.61. The van der Waals surface area contributed by atoms with Gasteiger partial charge in [0, 0.05) is 10.8 Å². The van der Waals surface area contributed by atoms with Crippen LogP contribution in [0.2, 0.25) is 0 Å². The molecule has 1 rings (SSSR count). The number of unbranched alkanes of at least 4 members (excludes halogenated alkanes) is 2. The van der Waals surface area contributed by atoms with Crippen molar-refractivity contribution in [3.63, 3.8) is 0 Å². The van der Waals surface area contributed by atoms with E-state index in [0.717, 1.165) is 19.3 Å². The average Bonchev–Trinajstić information content (AvgIpc) is 2.39. The number of carbonyl (C=O) groups is 1. The Balaban J connectivity index is 2.61. The summed E-state index contributed by atoms with van der Waals surface area (Å²) in [6, 6.07) is 0. The summed E-state index contributed by atoms with van der Waals surface area (Å²) >= 11 is 0. The van der Waals surface area contributed by atoms with Gasteiger partial charge >= 0.3 is 0 Å². The minimum absolute atomic E-state index is 0.107. The topological polar surface area (TPSA) is 17.1 Å². The largest absolute Gasteiger partial charge is 0.298 e. The molecule has 15 heavy (non-hydrogen) atoms. The van der Waals surface area contributed by atoms with Crippen LogP contribution in [0.15, 0.2) is 12.2 Å². The van der Waals surface area contributed by atoms with E-state index in [0.29, 0.717) is 5.78 Å². The molecule has 0 spiro atoms. The summed E-state index contributed by atoms with van der Waals surface area (Å²) in [6.07, 6.45) is 9.95. The van der Waals surface area contributed by atoms with E-state index in [1.165, 1.54) is 12.8 Å². The molecule has 0 aromatic carbocycles. The van der Waals surface area contributed by atoms with E-state index in [1.807, 2.05) is 0 Å². The summed E-state index contributed by atoms with van der Waals surface area (Å²) in [4.78, 5) is 12.2. The molecule has 1 saturated carbocycles. The molecule has 0 saturated heterocycles. The van der Waals surface area contributed by atoms with Crippen molar-refractivity contribution in [2.45, 2.75) is 59.8 Å². The van der Waals surface area contributed by atoms with E-state index in [2.05, 4.69) is 39.8 Å². The van der Waals surface area contributed by atoms with E-state index in [9.17, 15) is 4.79 Å². The van der Waals surface area contributed by atoms with Crippen molar-refractivity contribution in [2.75, 3.05) is 0 Å². The first-order valence-electron chi connectivity index (χ1n) is 6.15. The summed E-state index contributed by atoms with van der Waals surface area (Å²) in [6.45, 7) is 8.42. The Kier molecular flexibility index (Phi) is 3.75. The molecular weight excluding hydrogens is 184 g/mol. The Morgan fingerprint density at radius 2 is 1.93 bits per heavy atom. The highest BCUT2D eigenvalue weighted by Gasteiger charge is 2.46. The number of hydrogen-bond acceptors (Lipinski definition) is 1. The van der Waals surface area contributed by atoms with Crippen molar-refractivity contribution in [2.24, 2.45) is 10.8 Å². The number of carbonyl (C=O) groups excluding carboxylic acids is 1. The fourth-order valence-electron chi connectivity index (χ4n) is 2.40. The Labute approximate surface area is 93.9 Å². The maximum absolute atomic E-state index is 12.2. The van der Waals surface area contributed by atoms with E-state index in [-0.39, 0.29) is 10.8 Å². The third-order valence-electron chi connectivity index (χ3n) is 3.61. The second kappa shape index (κ2) is 4.51. The number of allylic oxidation sites excluding steroid dienone is 2. The van der Waals surface area contributed by atoms with Gasteiger partial charge in [-0.15, -0.1) is 0 Å². The van der Waals surface area contributed by atoms with Gasteiger partial charge in [0.25, 0.3) is 0 Å². The fourth-order valence-corrected chi connectivity index (χ4v) is 2.40. The zero-order valence-corrected chi connectivity index (χ0v) is 10.6. The SMILES string of the molecule is CCCCC=CC1(C)CCC(C)(C)C1=O. The lowest BCUT2D eigenvalue weighted by atomic mass is 9.81. The van der Waals surface area contributed by atoms with Gasteiger partial charge < -0.3 is 0 Å². The first kappa shape index (κ1) is 12.5. The Morgan fingerprint density at radius 1 is 1.27 bits per heavy atom. The third kappa shape index (κ3) is 2.70. The van der Waals surface area contributed by atoms with E-state index >= 15 is 0 Å². The molecule has 0 amide bonds. The van der Waals surface area contributed by atoms with Crippen LogP contribution in [-0.4, -0.2) is 5.78 Å². The molecular formula is C14H24O. The highest BCUT2D eigenvalue weighted by atomic mass is 16.1. The van der Waals surface area contributed by atoms with Gasteiger partial charge in [-0.1, -0.05) is 45.8 Å². The zero-order chi connectivity index (χ0) is 11.5. The molecule has 0 N–H and O–H groups in total. The number of hydrogen-bond donors (Lipinski definition) is 0. The first-order chi connectivity index (χ1) is 6.92. The number of Topliss-reactive ketones (excluding diaryl/α,β-unsaturated/α-hetero) is 1. The van der Waals surface area contributed by atoms with E-state index < -0.39 is 0 Å². The van der Waals surface area contributed by atoms with Gasteiger partial charge in [0.15, 0.2) is 0 Å². The predicted molar refractivity (Wildman–Crippen MR) is 64.8 cm³/mol. The van der Waals surface area contributed by atoms with E-state index in [4.69, 9.17) is 0 Å². The van der Waals surface area contributed by atoms with Crippen molar-refractivity contribution in [3.05, 3.63) is 12.2 Å². The van der Waals surface area contributed by atoms with Gasteiger partial charge in [-0.2, -0.15) is 0 Å². The lowest BCUT2D eigenvalue weighted by Crippen LogP contribution is -2.28. The molecule has 1 aliphatic carbocycles. The molecule has 86 valence electrons. The summed E-state index contributed by atoms with van der Waals surface area (Å²) in [5.41, 5.74) is -0.291. The molecule has 0 heterocycles. The molecule has 1 aliphatic rings. The maximum Gasteiger partial charge on any atom is 0.148 e. The summed E-state index contributed by atoms with van der Waals surface area (Å²) in [5, 5.41) is 0. The Bertz CT molecular complexity index is 263. The summed E-state index contributed by atoms with van der Waals surface area (Å²) in [7, 11) is 0. The van der Waals surface area contributed by atoms with Crippen molar-refractivity contribution in [1.29, 1.82) is 0 Å². The van der Waals surface area contributed by atoms with Gasteiger partial charge in [0.05, 0.1) is 0 Å². The molecule has 1 fully saturated rings. The van der Waals surface area contributed by atoms with Crippen LogP contribution in [0.4, 0.5) is 0 Å². The van der Waals surface area contributed by atoms with Crippen LogP contribution < -0.4 is 0 Å².